The smallest absolute Gasteiger partial charge is 0.251 e. The van der Waals surface area contributed by atoms with Crippen molar-refractivity contribution in [1.29, 1.82) is 0 Å². The Balaban J connectivity index is 1.84. The highest BCUT2D eigenvalue weighted by atomic mass is 16.5. The first kappa shape index (κ1) is 15.2. The molecule has 0 saturated carbocycles. The topological polar surface area (TPSA) is 43.3 Å². The highest BCUT2D eigenvalue weighted by Gasteiger charge is 2.11. The number of hydrogen-bond donors (Lipinski definition) is 1. The van der Waals surface area contributed by atoms with Crippen molar-refractivity contribution in [2.24, 2.45) is 7.05 Å². The Bertz CT molecular complexity index is 865. The van der Waals surface area contributed by atoms with Crippen molar-refractivity contribution in [3.63, 3.8) is 0 Å². The normalized spacial score (nSPS) is 10.7. The van der Waals surface area contributed by atoms with E-state index >= 15 is 0 Å². The van der Waals surface area contributed by atoms with Gasteiger partial charge in [-0.25, -0.2) is 0 Å². The molecule has 0 saturated heterocycles. The van der Waals surface area contributed by atoms with Crippen LogP contribution >= 0.6 is 0 Å². The fourth-order valence-electron chi connectivity index (χ4n) is 2.82. The predicted octanol–water partition coefficient (Wildman–Crippen LogP) is 3.43. The molecule has 1 N–H and O–H groups in total. The Kier molecular flexibility index (Phi) is 4.06. The lowest BCUT2D eigenvalue weighted by Crippen LogP contribution is -2.23. The summed E-state index contributed by atoms with van der Waals surface area (Å²) < 4.78 is 7.36. The van der Waals surface area contributed by atoms with E-state index in [2.05, 4.69) is 9.88 Å². The second kappa shape index (κ2) is 6.16. The summed E-state index contributed by atoms with van der Waals surface area (Å²) in [6, 6.07) is 13.6. The van der Waals surface area contributed by atoms with Crippen molar-refractivity contribution in [3.8, 4) is 5.75 Å². The molecular formula is C19H20N2O2. The number of ether oxygens (including phenoxy) is 1. The molecule has 0 aliphatic rings. The first-order chi connectivity index (χ1) is 11.1. The van der Waals surface area contributed by atoms with Gasteiger partial charge in [-0.2, -0.15) is 0 Å². The molecule has 0 spiro atoms. The zero-order valence-corrected chi connectivity index (χ0v) is 13.6. The summed E-state index contributed by atoms with van der Waals surface area (Å²) in [4.78, 5) is 12.4. The van der Waals surface area contributed by atoms with Crippen LogP contribution in [0.5, 0.6) is 5.75 Å². The van der Waals surface area contributed by atoms with E-state index in [9.17, 15) is 4.79 Å². The van der Waals surface area contributed by atoms with Gasteiger partial charge in [-0.1, -0.05) is 18.2 Å². The van der Waals surface area contributed by atoms with Crippen LogP contribution in [0.2, 0.25) is 0 Å². The van der Waals surface area contributed by atoms with Gasteiger partial charge in [0.05, 0.1) is 7.11 Å². The number of aryl methyl sites for hydroxylation is 2. The molecule has 0 aliphatic heterocycles. The number of benzene rings is 2. The molecule has 1 aromatic heterocycles. The van der Waals surface area contributed by atoms with E-state index in [1.165, 1.54) is 0 Å². The van der Waals surface area contributed by atoms with Crippen LogP contribution in [0.3, 0.4) is 0 Å². The van der Waals surface area contributed by atoms with E-state index in [1.807, 2.05) is 62.6 Å². The van der Waals surface area contributed by atoms with Crippen LogP contribution < -0.4 is 10.1 Å². The second-order valence-electron chi connectivity index (χ2n) is 5.65. The lowest BCUT2D eigenvalue weighted by atomic mass is 10.1. The summed E-state index contributed by atoms with van der Waals surface area (Å²) in [6.07, 6.45) is 2.04. The maximum atomic E-state index is 12.4. The number of hydrogen-bond acceptors (Lipinski definition) is 2. The average molecular weight is 308 g/mol. The molecule has 2 aromatic carbocycles. The minimum absolute atomic E-state index is 0.0528. The predicted molar refractivity (Wildman–Crippen MR) is 91.8 cm³/mol. The molecule has 118 valence electrons. The van der Waals surface area contributed by atoms with Crippen molar-refractivity contribution < 1.29 is 9.53 Å². The van der Waals surface area contributed by atoms with Crippen LogP contribution in [-0.2, 0) is 13.6 Å². The standard InChI is InChI=1S/C19H20N2O2/c1-13-6-4-5-7-16(13)19(22)20-11-14-12-21(2)18-9-8-15(23-3)10-17(14)18/h4-10,12H,11H2,1-3H3,(H,20,22). The van der Waals surface area contributed by atoms with Crippen molar-refractivity contribution in [2.45, 2.75) is 13.5 Å². The fourth-order valence-corrected chi connectivity index (χ4v) is 2.82. The molecule has 1 amide bonds. The first-order valence-corrected chi connectivity index (χ1v) is 7.56. The molecule has 3 rings (SSSR count). The molecule has 4 heteroatoms. The summed E-state index contributed by atoms with van der Waals surface area (Å²) in [5.74, 6) is 0.762. The number of rotatable bonds is 4. The summed E-state index contributed by atoms with van der Waals surface area (Å²) >= 11 is 0. The first-order valence-electron chi connectivity index (χ1n) is 7.56. The van der Waals surface area contributed by atoms with E-state index in [0.29, 0.717) is 12.1 Å². The number of carbonyl (C=O) groups excluding carboxylic acids is 1. The summed E-state index contributed by atoms with van der Waals surface area (Å²) in [5.41, 5.74) is 3.88. The van der Waals surface area contributed by atoms with E-state index in [0.717, 1.165) is 27.8 Å². The Hall–Kier alpha value is -2.75. The lowest BCUT2D eigenvalue weighted by molar-refractivity contribution is 0.0950. The van der Waals surface area contributed by atoms with Gasteiger partial charge in [-0.05, 0) is 42.3 Å². The molecule has 0 bridgehead atoms. The van der Waals surface area contributed by atoms with Crippen molar-refractivity contribution in [1.82, 2.24) is 9.88 Å². The molecule has 0 atom stereocenters. The van der Waals surface area contributed by atoms with E-state index in [4.69, 9.17) is 4.74 Å². The number of carbonyl (C=O) groups is 1. The molecule has 1 heterocycles. The van der Waals surface area contributed by atoms with Crippen LogP contribution in [0.1, 0.15) is 21.5 Å². The number of nitrogens with zero attached hydrogens (tertiary/aromatic N) is 1. The van der Waals surface area contributed by atoms with Gasteiger partial charge >= 0.3 is 0 Å². The van der Waals surface area contributed by atoms with E-state index < -0.39 is 0 Å². The SMILES string of the molecule is COc1ccc2c(c1)c(CNC(=O)c1ccccc1C)cn2C. The van der Waals surface area contributed by atoms with Gasteiger partial charge in [0, 0.05) is 36.3 Å². The lowest BCUT2D eigenvalue weighted by Gasteiger charge is -2.07. The molecule has 0 aliphatic carbocycles. The van der Waals surface area contributed by atoms with Gasteiger partial charge in [0.25, 0.3) is 5.91 Å². The summed E-state index contributed by atoms with van der Waals surface area (Å²) in [6.45, 7) is 2.43. The zero-order chi connectivity index (χ0) is 16.4. The number of nitrogens with one attached hydrogen (secondary N) is 1. The van der Waals surface area contributed by atoms with E-state index in [-0.39, 0.29) is 5.91 Å². The minimum Gasteiger partial charge on any atom is -0.497 e. The van der Waals surface area contributed by atoms with Gasteiger partial charge in [0.15, 0.2) is 0 Å². The van der Waals surface area contributed by atoms with E-state index in [1.54, 1.807) is 7.11 Å². The highest BCUT2D eigenvalue weighted by Crippen LogP contribution is 2.25. The number of aromatic nitrogens is 1. The molecule has 0 radical (unpaired) electrons. The molecular weight excluding hydrogens is 288 g/mol. The van der Waals surface area contributed by atoms with Crippen molar-refractivity contribution in [2.75, 3.05) is 7.11 Å². The third-order valence-electron chi connectivity index (χ3n) is 4.11. The average Bonchev–Trinajstić information content (AvgIpc) is 2.88. The van der Waals surface area contributed by atoms with Crippen molar-refractivity contribution >= 4 is 16.8 Å². The maximum absolute atomic E-state index is 12.4. The fraction of sp³-hybridized carbons (Fsp3) is 0.211. The Morgan fingerprint density at radius 1 is 1.22 bits per heavy atom. The van der Waals surface area contributed by atoms with Gasteiger partial charge in [-0.15, -0.1) is 0 Å². The Labute approximate surface area is 135 Å². The minimum atomic E-state index is -0.0528. The zero-order valence-electron chi connectivity index (χ0n) is 13.6. The molecule has 0 unspecified atom stereocenters. The van der Waals surface area contributed by atoms with Crippen LogP contribution in [-0.4, -0.2) is 17.6 Å². The highest BCUT2D eigenvalue weighted by molar-refractivity contribution is 5.96. The third-order valence-corrected chi connectivity index (χ3v) is 4.11. The second-order valence-corrected chi connectivity index (χ2v) is 5.65. The third kappa shape index (κ3) is 2.93. The van der Waals surface area contributed by atoms with Gasteiger partial charge < -0.3 is 14.6 Å². The summed E-state index contributed by atoms with van der Waals surface area (Å²) in [5, 5.41) is 4.10. The Morgan fingerprint density at radius 2 is 2.00 bits per heavy atom. The molecule has 3 aromatic rings. The van der Waals surface area contributed by atoms with Crippen LogP contribution in [0.25, 0.3) is 10.9 Å². The largest absolute Gasteiger partial charge is 0.497 e. The maximum Gasteiger partial charge on any atom is 0.251 e. The van der Waals surface area contributed by atoms with Crippen LogP contribution in [0.15, 0.2) is 48.7 Å². The van der Waals surface area contributed by atoms with Crippen molar-refractivity contribution in [3.05, 3.63) is 65.4 Å². The van der Waals surface area contributed by atoms with Gasteiger partial charge in [0.2, 0.25) is 0 Å². The number of methoxy groups -OCH3 is 1. The van der Waals surface area contributed by atoms with Crippen LogP contribution in [0, 0.1) is 6.92 Å². The molecule has 0 fully saturated rings. The monoisotopic (exact) mass is 308 g/mol. The van der Waals surface area contributed by atoms with Crippen LogP contribution in [0.4, 0.5) is 0 Å². The van der Waals surface area contributed by atoms with Gasteiger partial charge in [-0.3, -0.25) is 4.79 Å². The number of fused-ring (bicyclic) bond motifs is 1. The number of amides is 1. The molecule has 23 heavy (non-hydrogen) atoms. The van der Waals surface area contributed by atoms with Gasteiger partial charge in [0.1, 0.15) is 5.75 Å². The molecule has 4 nitrogen and oxygen atoms in total. The quantitative estimate of drug-likeness (QED) is 0.802. The summed E-state index contributed by atoms with van der Waals surface area (Å²) in [7, 11) is 3.66. The Morgan fingerprint density at radius 3 is 2.74 bits per heavy atom.